The summed E-state index contributed by atoms with van der Waals surface area (Å²) in [5.41, 5.74) is 2.81. The number of hydrogen-bond acceptors (Lipinski definition) is 4. The summed E-state index contributed by atoms with van der Waals surface area (Å²) in [6, 6.07) is 17.3. The highest BCUT2D eigenvalue weighted by Gasteiger charge is 2.14. The smallest absolute Gasteiger partial charge is 0.251 e. The highest BCUT2D eigenvalue weighted by molar-refractivity contribution is 5.94. The van der Waals surface area contributed by atoms with Crippen LogP contribution in [0.4, 0.5) is 0 Å². The van der Waals surface area contributed by atoms with E-state index in [4.69, 9.17) is 4.42 Å². The van der Waals surface area contributed by atoms with Crippen molar-refractivity contribution in [3.8, 4) is 11.5 Å². The van der Waals surface area contributed by atoms with Crippen molar-refractivity contribution in [1.29, 1.82) is 0 Å². The van der Waals surface area contributed by atoms with Gasteiger partial charge in [0.2, 0.25) is 11.8 Å². The predicted molar refractivity (Wildman–Crippen MR) is 101 cm³/mol. The van der Waals surface area contributed by atoms with Gasteiger partial charge in [0, 0.05) is 24.1 Å². The standard InChI is InChI=1S/C21H23N3O2/c1-21(2,3)17-11-9-15(10-12-17)19(25)22-14-13-18-23-24-20(26-18)16-7-5-4-6-8-16/h4-12H,13-14H2,1-3H3,(H,22,25). The normalized spacial score (nSPS) is 11.3. The summed E-state index contributed by atoms with van der Waals surface area (Å²) in [4.78, 5) is 12.2. The quantitative estimate of drug-likeness (QED) is 0.756. The van der Waals surface area contributed by atoms with Gasteiger partial charge in [0.1, 0.15) is 0 Å². The molecule has 0 aliphatic heterocycles. The van der Waals surface area contributed by atoms with Crippen molar-refractivity contribution in [2.75, 3.05) is 6.54 Å². The third-order valence-corrected chi connectivity index (χ3v) is 4.13. The van der Waals surface area contributed by atoms with Gasteiger partial charge in [-0.15, -0.1) is 10.2 Å². The van der Waals surface area contributed by atoms with E-state index in [2.05, 4.69) is 36.3 Å². The molecule has 5 nitrogen and oxygen atoms in total. The third kappa shape index (κ3) is 4.36. The topological polar surface area (TPSA) is 68.0 Å². The number of hydrogen-bond donors (Lipinski definition) is 1. The molecular weight excluding hydrogens is 326 g/mol. The first-order chi connectivity index (χ1) is 12.4. The van der Waals surface area contributed by atoms with Crippen molar-refractivity contribution in [3.63, 3.8) is 0 Å². The average molecular weight is 349 g/mol. The molecule has 0 fully saturated rings. The molecular formula is C21H23N3O2. The molecule has 1 N–H and O–H groups in total. The summed E-state index contributed by atoms with van der Waals surface area (Å²) in [5, 5.41) is 11.0. The fourth-order valence-corrected chi connectivity index (χ4v) is 2.56. The van der Waals surface area contributed by atoms with Gasteiger partial charge in [0.15, 0.2) is 0 Å². The van der Waals surface area contributed by atoms with Gasteiger partial charge >= 0.3 is 0 Å². The minimum Gasteiger partial charge on any atom is -0.421 e. The summed E-state index contributed by atoms with van der Waals surface area (Å²) in [7, 11) is 0. The molecule has 2 aromatic carbocycles. The lowest BCUT2D eigenvalue weighted by molar-refractivity contribution is 0.0953. The first-order valence-corrected chi connectivity index (χ1v) is 8.70. The van der Waals surface area contributed by atoms with Crippen LogP contribution in [0.3, 0.4) is 0 Å². The zero-order chi connectivity index (χ0) is 18.6. The molecule has 0 bridgehead atoms. The molecule has 1 amide bonds. The SMILES string of the molecule is CC(C)(C)c1ccc(C(=O)NCCc2nnc(-c3ccccc3)o2)cc1. The molecule has 3 aromatic rings. The number of carbonyl (C=O) groups excluding carboxylic acids is 1. The number of rotatable bonds is 5. The molecule has 1 heterocycles. The summed E-state index contributed by atoms with van der Waals surface area (Å²) >= 11 is 0. The Balaban J connectivity index is 1.53. The van der Waals surface area contributed by atoms with Crippen LogP contribution in [0.5, 0.6) is 0 Å². The Morgan fingerprint density at radius 3 is 2.35 bits per heavy atom. The van der Waals surface area contributed by atoms with Gasteiger partial charge in [-0.1, -0.05) is 51.1 Å². The van der Waals surface area contributed by atoms with Gasteiger partial charge in [-0.25, -0.2) is 0 Å². The van der Waals surface area contributed by atoms with E-state index in [1.807, 2.05) is 54.6 Å². The average Bonchev–Trinajstić information content (AvgIpc) is 3.11. The highest BCUT2D eigenvalue weighted by atomic mass is 16.4. The second-order valence-electron chi connectivity index (χ2n) is 7.20. The molecule has 0 spiro atoms. The monoisotopic (exact) mass is 349 g/mol. The molecule has 5 heteroatoms. The third-order valence-electron chi connectivity index (χ3n) is 4.13. The van der Waals surface area contributed by atoms with Crippen molar-refractivity contribution < 1.29 is 9.21 Å². The maximum atomic E-state index is 12.2. The van der Waals surface area contributed by atoms with Crippen LogP contribution in [0.15, 0.2) is 59.0 Å². The van der Waals surface area contributed by atoms with E-state index < -0.39 is 0 Å². The molecule has 0 atom stereocenters. The van der Waals surface area contributed by atoms with Gasteiger partial charge in [-0.3, -0.25) is 4.79 Å². The van der Waals surface area contributed by atoms with E-state index >= 15 is 0 Å². The molecule has 26 heavy (non-hydrogen) atoms. The van der Waals surface area contributed by atoms with E-state index in [0.29, 0.717) is 30.3 Å². The van der Waals surface area contributed by atoms with Crippen LogP contribution in [0.1, 0.15) is 42.6 Å². The van der Waals surface area contributed by atoms with Gasteiger partial charge in [-0.05, 0) is 35.2 Å². The van der Waals surface area contributed by atoms with E-state index in [-0.39, 0.29) is 11.3 Å². The van der Waals surface area contributed by atoms with Crippen molar-refractivity contribution in [2.45, 2.75) is 32.6 Å². The molecule has 134 valence electrons. The molecule has 1 aromatic heterocycles. The lowest BCUT2D eigenvalue weighted by atomic mass is 9.87. The van der Waals surface area contributed by atoms with Crippen molar-refractivity contribution in [1.82, 2.24) is 15.5 Å². The molecule has 0 aliphatic rings. The van der Waals surface area contributed by atoms with Gasteiger partial charge < -0.3 is 9.73 Å². The predicted octanol–water partition coefficient (Wildman–Crippen LogP) is 4.01. The lowest BCUT2D eigenvalue weighted by Gasteiger charge is -2.19. The highest BCUT2D eigenvalue weighted by Crippen LogP contribution is 2.22. The Morgan fingerprint density at radius 1 is 1.00 bits per heavy atom. The Labute approximate surface area is 153 Å². The number of amides is 1. The zero-order valence-corrected chi connectivity index (χ0v) is 15.3. The van der Waals surface area contributed by atoms with E-state index in [1.165, 1.54) is 5.56 Å². The van der Waals surface area contributed by atoms with Crippen molar-refractivity contribution in [3.05, 3.63) is 71.6 Å². The Morgan fingerprint density at radius 2 is 1.69 bits per heavy atom. The summed E-state index contributed by atoms with van der Waals surface area (Å²) in [5.74, 6) is 0.894. The van der Waals surface area contributed by atoms with Crippen LogP contribution in [-0.2, 0) is 11.8 Å². The Bertz CT molecular complexity index is 862. The maximum Gasteiger partial charge on any atom is 0.251 e. The van der Waals surface area contributed by atoms with E-state index in [1.54, 1.807) is 0 Å². The number of carbonyl (C=O) groups is 1. The molecule has 0 unspecified atom stereocenters. The Hall–Kier alpha value is -2.95. The van der Waals surface area contributed by atoms with E-state index in [0.717, 1.165) is 5.56 Å². The van der Waals surface area contributed by atoms with Crippen LogP contribution < -0.4 is 5.32 Å². The number of nitrogens with zero attached hydrogens (tertiary/aromatic N) is 2. The molecule has 0 aliphatic carbocycles. The second-order valence-corrected chi connectivity index (χ2v) is 7.20. The second kappa shape index (κ2) is 7.52. The number of nitrogens with one attached hydrogen (secondary N) is 1. The minimum atomic E-state index is -0.103. The summed E-state index contributed by atoms with van der Waals surface area (Å²) < 4.78 is 5.64. The fourth-order valence-electron chi connectivity index (χ4n) is 2.56. The first-order valence-electron chi connectivity index (χ1n) is 8.70. The van der Waals surface area contributed by atoms with Crippen LogP contribution in [-0.4, -0.2) is 22.6 Å². The number of aromatic nitrogens is 2. The van der Waals surface area contributed by atoms with Crippen LogP contribution in [0.2, 0.25) is 0 Å². The minimum absolute atomic E-state index is 0.0728. The van der Waals surface area contributed by atoms with Gasteiger partial charge in [0.05, 0.1) is 0 Å². The summed E-state index contributed by atoms with van der Waals surface area (Å²) in [6.45, 7) is 6.89. The number of benzene rings is 2. The van der Waals surface area contributed by atoms with Crippen LogP contribution in [0, 0.1) is 0 Å². The molecule has 0 saturated carbocycles. The fraction of sp³-hybridized carbons (Fsp3) is 0.286. The zero-order valence-electron chi connectivity index (χ0n) is 15.3. The first kappa shape index (κ1) is 17.9. The van der Waals surface area contributed by atoms with Crippen molar-refractivity contribution in [2.24, 2.45) is 0 Å². The lowest BCUT2D eigenvalue weighted by Crippen LogP contribution is -2.25. The van der Waals surface area contributed by atoms with Crippen LogP contribution >= 0.6 is 0 Å². The summed E-state index contributed by atoms with van der Waals surface area (Å²) in [6.07, 6.45) is 0.492. The van der Waals surface area contributed by atoms with Crippen LogP contribution in [0.25, 0.3) is 11.5 Å². The largest absolute Gasteiger partial charge is 0.421 e. The Kier molecular flexibility index (Phi) is 5.16. The van der Waals surface area contributed by atoms with Gasteiger partial charge in [-0.2, -0.15) is 0 Å². The molecule has 0 saturated heterocycles. The maximum absolute atomic E-state index is 12.2. The van der Waals surface area contributed by atoms with Gasteiger partial charge in [0.25, 0.3) is 5.91 Å². The van der Waals surface area contributed by atoms with E-state index in [9.17, 15) is 4.79 Å². The molecule has 3 rings (SSSR count). The van der Waals surface area contributed by atoms with Crippen molar-refractivity contribution >= 4 is 5.91 Å². The molecule has 0 radical (unpaired) electrons.